The van der Waals surface area contributed by atoms with Crippen molar-refractivity contribution in [2.24, 2.45) is 0 Å². The summed E-state index contributed by atoms with van der Waals surface area (Å²) in [5.74, 6) is 0.423. The fraction of sp³-hybridized carbons (Fsp3) is 0.556. The van der Waals surface area contributed by atoms with Crippen LogP contribution >= 0.6 is 11.3 Å². The average molecular weight is 199 g/mol. The van der Waals surface area contributed by atoms with E-state index in [0.29, 0.717) is 12.4 Å². The number of unbranched alkanes of at least 4 members (excludes halogenated alkanes) is 2. The van der Waals surface area contributed by atoms with Gasteiger partial charge in [0.1, 0.15) is 0 Å². The number of ether oxygens (including phenoxy) is 1. The van der Waals surface area contributed by atoms with Crippen molar-refractivity contribution in [2.75, 3.05) is 0 Å². The predicted octanol–water partition coefficient (Wildman–Crippen LogP) is 2.41. The third-order valence-corrected chi connectivity index (χ3v) is 2.58. The van der Waals surface area contributed by atoms with E-state index < -0.39 is 0 Å². The zero-order chi connectivity index (χ0) is 9.52. The molecule has 0 saturated carbocycles. The molecule has 1 heterocycles. The van der Waals surface area contributed by atoms with Gasteiger partial charge in [-0.05, 0) is 12.8 Å². The number of aromatic nitrogens is 1. The molecule has 1 rings (SSSR count). The molecule has 0 aliphatic heterocycles. The van der Waals surface area contributed by atoms with Crippen molar-refractivity contribution in [3.8, 4) is 5.88 Å². The summed E-state index contributed by atoms with van der Waals surface area (Å²) in [7, 11) is 0. The van der Waals surface area contributed by atoms with Crippen molar-refractivity contribution in [2.45, 2.75) is 32.6 Å². The Hall–Kier alpha value is -0.900. The molecule has 4 heteroatoms. The zero-order valence-electron chi connectivity index (χ0n) is 7.66. The minimum atomic E-state index is 0.408. The third-order valence-electron chi connectivity index (χ3n) is 1.69. The Balaban J connectivity index is 2.35. The maximum Gasteiger partial charge on any atom is 0.299 e. The Bertz CT molecular complexity index is 260. The van der Waals surface area contributed by atoms with Gasteiger partial charge in [-0.15, -0.1) is 11.3 Å². The predicted molar refractivity (Wildman–Crippen MR) is 52.0 cm³/mol. The second-order valence-corrected chi connectivity index (χ2v) is 3.69. The molecule has 0 fully saturated rings. The zero-order valence-corrected chi connectivity index (χ0v) is 8.47. The topological polar surface area (TPSA) is 39.2 Å². The van der Waals surface area contributed by atoms with Crippen LogP contribution in [0.15, 0.2) is 5.38 Å². The van der Waals surface area contributed by atoms with Crippen LogP contribution in [0.25, 0.3) is 0 Å². The molecule has 3 nitrogen and oxygen atoms in total. The SMILES string of the molecule is CCCCCc1nc(OC=O)cs1. The Morgan fingerprint density at radius 1 is 1.62 bits per heavy atom. The first-order chi connectivity index (χ1) is 6.36. The van der Waals surface area contributed by atoms with Gasteiger partial charge in [-0.3, -0.25) is 4.79 Å². The highest BCUT2D eigenvalue weighted by atomic mass is 32.1. The molecule has 0 aliphatic carbocycles. The van der Waals surface area contributed by atoms with Gasteiger partial charge in [0.25, 0.3) is 6.47 Å². The largest absolute Gasteiger partial charge is 0.409 e. The normalized spacial score (nSPS) is 9.92. The van der Waals surface area contributed by atoms with E-state index in [2.05, 4.69) is 16.6 Å². The fourth-order valence-corrected chi connectivity index (χ4v) is 1.79. The minimum absolute atomic E-state index is 0.408. The van der Waals surface area contributed by atoms with Crippen LogP contribution in [0, 0.1) is 0 Å². The summed E-state index contributed by atoms with van der Waals surface area (Å²) in [6, 6.07) is 0. The molecular weight excluding hydrogens is 186 g/mol. The number of rotatable bonds is 6. The van der Waals surface area contributed by atoms with Gasteiger partial charge >= 0.3 is 0 Å². The van der Waals surface area contributed by atoms with Crippen molar-refractivity contribution in [3.63, 3.8) is 0 Å². The molecule has 0 saturated heterocycles. The molecule has 0 atom stereocenters. The highest BCUT2D eigenvalue weighted by Gasteiger charge is 2.01. The summed E-state index contributed by atoms with van der Waals surface area (Å²) >= 11 is 1.54. The second-order valence-electron chi connectivity index (χ2n) is 2.75. The van der Waals surface area contributed by atoms with Crippen LogP contribution in [-0.2, 0) is 11.2 Å². The summed E-state index contributed by atoms with van der Waals surface area (Å²) in [6.07, 6.45) is 4.58. The lowest BCUT2D eigenvalue weighted by molar-refractivity contribution is -0.120. The summed E-state index contributed by atoms with van der Waals surface area (Å²) in [5, 5.41) is 2.81. The van der Waals surface area contributed by atoms with Gasteiger partial charge in [0.2, 0.25) is 5.88 Å². The van der Waals surface area contributed by atoms with Crippen LogP contribution in [0.5, 0.6) is 5.88 Å². The van der Waals surface area contributed by atoms with Gasteiger partial charge in [0, 0.05) is 0 Å². The monoisotopic (exact) mass is 199 g/mol. The molecule has 0 radical (unpaired) electrons. The van der Waals surface area contributed by atoms with Crippen LogP contribution in [0.2, 0.25) is 0 Å². The maximum absolute atomic E-state index is 9.99. The number of aryl methyl sites for hydroxylation is 1. The van der Waals surface area contributed by atoms with E-state index in [9.17, 15) is 4.79 Å². The number of thiazole rings is 1. The van der Waals surface area contributed by atoms with E-state index in [4.69, 9.17) is 0 Å². The lowest BCUT2D eigenvalue weighted by Crippen LogP contribution is -1.89. The van der Waals surface area contributed by atoms with E-state index >= 15 is 0 Å². The number of hydrogen-bond donors (Lipinski definition) is 0. The number of carbonyl (C=O) groups is 1. The summed E-state index contributed by atoms with van der Waals surface area (Å²) in [6.45, 7) is 2.58. The van der Waals surface area contributed by atoms with Gasteiger partial charge in [0.05, 0.1) is 10.4 Å². The molecule has 0 N–H and O–H groups in total. The van der Waals surface area contributed by atoms with E-state index in [-0.39, 0.29) is 0 Å². The van der Waals surface area contributed by atoms with Crippen LogP contribution in [0.1, 0.15) is 31.2 Å². The smallest absolute Gasteiger partial charge is 0.299 e. The van der Waals surface area contributed by atoms with Crippen molar-refractivity contribution in [3.05, 3.63) is 10.4 Å². The van der Waals surface area contributed by atoms with Crippen LogP contribution < -0.4 is 4.74 Å². The Morgan fingerprint density at radius 3 is 3.15 bits per heavy atom. The van der Waals surface area contributed by atoms with Crippen molar-refractivity contribution < 1.29 is 9.53 Å². The van der Waals surface area contributed by atoms with E-state index in [1.54, 1.807) is 16.7 Å². The molecule has 1 aromatic rings. The standard InChI is InChI=1S/C9H13NO2S/c1-2-3-4-5-9-10-8(6-13-9)12-7-11/h6-7H,2-5H2,1H3. The summed E-state index contributed by atoms with van der Waals surface area (Å²) in [5.41, 5.74) is 0. The molecule has 0 amide bonds. The van der Waals surface area contributed by atoms with E-state index in [1.165, 1.54) is 12.8 Å². The lowest BCUT2D eigenvalue weighted by atomic mass is 10.2. The maximum atomic E-state index is 9.99. The molecule has 72 valence electrons. The first kappa shape index (κ1) is 10.2. The van der Waals surface area contributed by atoms with E-state index in [1.807, 2.05) is 0 Å². The van der Waals surface area contributed by atoms with Gasteiger partial charge in [-0.25, -0.2) is 4.98 Å². The van der Waals surface area contributed by atoms with Crippen molar-refractivity contribution in [1.82, 2.24) is 4.98 Å². The summed E-state index contributed by atoms with van der Waals surface area (Å²) in [4.78, 5) is 14.1. The Kier molecular flexibility index (Phi) is 4.46. The van der Waals surface area contributed by atoms with Gasteiger partial charge in [0.15, 0.2) is 0 Å². The molecule has 13 heavy (non-hydrogen) atoms. The van der Waals surface area contributed by atoms with Crippen molar-refractivity contribution in [1.29, 1.82) is 0 Å². The van der Waals surface area contributed by atoms with E-state index in [0.717, 1.165) is 17.8 Å². The summed E-state index contributed by atoms with van der Waals surface area (Å²) < 4.78 is 4.61. The number of carbonyl (C=O) groups excluding carboxylic acids is 1. The fourth-order valence-electron chi connectivity index (χ4n) is 1.04. The van der Waals surface area contributed by atoms with Crippen LogP contribution in [-0.4, -0.2) is 11.5 Å². The Labute approximate surface area is 81.8 Å². The van der Waals surface area contributed by atoms with Gasteiger partial charge in [-0.1, -0.05) is 19.8 Å². The highest BCUT2D eigenvalue weighted by Crippen LogP contribution is 2.17. The van der Waals surface area contributed by atoms with Crippen LogP contribution in [0.3, 0.4) is 0 Å². The minimum Gasteiger partial charge on any atom is -0.409 e. The number of nitrogens with zero attached hydrogens (tertiary/aromatic N) is 1. The quantitative estimate of drug-likeness (QED) is 0.521. The molecule has 0 bridgehead atoms. The first-order valence-electron chi connectivity index (χ1n) is 4.41. The average Bonchev–Trinajstić information content (AvgIpc) is 2.54. The van der Waals surface area contributed by atoms with Crippen LogP contribution in [0.4, 0.5) is 0 Å². The lowest BCUT2D eigenvalue weighted by Gasteiger charge is -1.93. The molecule has 1 aromatic heterocycles. The molecule has 0 spiro atoms. The van der Waals surface area contributed by atoms with Gasteiger partial charge < -0.3 is 4.74 Å². The first-order valence-corrected chi connectivity index (χ1v) is 5.29. The second kappa shape index (κ2) is 5.70. The van der Waals surface area contributed by atoms with Crippen molar-refractivity contribution >= 4 is 17.8 Å². The molecule has 0 unspecified atom stereocenters. The molecular formula is C9H13NO2S. The third kappa shape index (κ3) is 3.55. The Morgan fingerprint density at radius 2 is 2.46 bits per heavy atom. The number of hydrogen-bond acceptors (Lipinski definition) is 4. The molecule has 0 aliphatic rings. The molecule has 0 aromatic carbocycles. The highest BCUT2D eigenvalue weighted by molar-refractivity contribution is 7.09. The van der Waals surface area contributed by atoms with Gasteiger partial charge in [-0.2, -0.15) is 0 Å².